The number of nitrogens with zero attached hydrogens (tertiary/aromatic N) is 2. The number of aryl methyl sites for hydroxylation is 1. The van der Waals surface area contributed by atoms with E-state index in [-0.39, 0.29) is 25.5 Å². The van der Waals surface area contributed by atoms with E-state index in [4.69, 9.17) is 9.47 Å². The van der Waals surface area contributed by atoms with Crippen molar-refractivity contribution >= 4 is 17.8 Å². The standard InChI is InChI=1S/C23H30N2O5/c1-7-17-12-10-11-13-18(17)21(26)24(6)25-15(4)19(22(27)29-8-2)14-20(16(25)5)23(28)30-9-3/h10-13H,7-9,14H2,1-6H3. The van der Waals surface area contributed by atoms with Crippen LogP contribution in [0.2, 0.25) is 0 Å². The number of amides is 1. The average Bonchev–Trinajstić information content (AvgIpc) is 2.73. The number of rotatable bonds is 7. The van der Waals surface area contributed by atoms with E-state index in [1.165, 1.54) is 5.01 Å². The Balaban J connectivity index is 2.55. The Hall–Kier alpha value is -3.09. The first-order valence-corrected chi connectivity index (χ1v) is 10.2. The van der Waals surface area contributed by atoms with E-state index in [0.29, 0.717) is 34.5 Å². The number of hydrazine groups is 1. The summed E-state index contributed by atoms with van der Waals surface area (Å²) in [5.74, 6) is -1.26. The van der Waals surface area contributed by atoms with Crippen molar-refractivity contribution in [2.75, 3.05) is 20.3 Å². The molecule has 0 spiro atoms. The van der Waals surface area contributed by atoms with Gasteiger partial charge in [0.05, 0.1) is 24.4 Å². The summed E-state index contributed by atoms with van der Waals surface area (Å²) in [6.45, 7) is 9.34. The summed E-state index contributed by atoms with van der Waals surface area (Å²) in [7, 11) is 1.62. The molecule has 0 N–H and O–H groups in total. The molecule has 0 aliphatic carbocycles. The third-order valence-corrected chi connectivity index (χ3v) is 5.13. The van der Waals surface area contributed by atoms with Gasteiger partial charge < -0.3 is 9.47 Å². The fourth-order valence-electron chi connectivity index (χ4n) is 3.57. The number of allylic oxidation sites excluding steroid dienone is 2. The zero-order chi connectivity index (χ0) is 22.4. The van der Waals surface area contributed by atoms with Gasteiger partial charge in [-0.2, -0.15) is 0 Å². The molecular weight excluding hydrogens is 384 g/mol. The molecule has 0 atom stereocenters. The lowest BCUT2D eigenvalue weighted by Gasteiger charge is -2.39. The minimum absolute atomic E-state index is 0.0966. The van der Waals surface area contributed by atoms with E-state index in [2.05, 4.69) is 0 Å². The Kier molecular flexibility index (Phi) is 7.80. The van der Waals surface area contributed by atoms with Gasteiger partial charge in [0.1, 0.15) is 0 Å². The van der Waals surface area contributed by atoms with Crippen molar-refractivity contribution in [2.24, 2.45) is 0 Å². The molecule has 0 saturated heterocycles. The van der Waals surface area contributed by atoms with E-state index in [9.17, 15) is 14.4 Å². The number of esters is 2. The van der Waals surface area contributed by atoms with Gasteiger partial charge in [-0.1, -0.05) is 25.1 Å². The molecular formula is C23H30N2O5. The second-order valence-corrected chi connectivity index (χ2v) is 6.90. The van der Waals surface area contributed by atoms with Gasteiger partial charge in [0.25, 0.3) is 5.91 Å². The normalized spacial score (nSPS) is 14.0. The topological polar surface area (TPSA) is 76.2 Å². The summed E-state index contributed by atoms with van der Waals surface area (Å²) in [6.07, 6.45) is 0.807. The number of benzene rings is 1. The van der Waals surface area contributed by atoms with Crippen molar-refractivity contribution in [3.05, 3.63) is 57.9 Å². The molecule has 0 fully saturated rings. The molecule has 1 amide bonds. The third-order valence-electron chi connectivity index (χ3n) is 5.13. The molecule has 0 bridgehead atoms. The van der Waals surface area contributed by atoms with Gasteiger partial charge in [0.2, 0.25) is 0 Å². The smallest absolute Gasteiger partial charge is 0.336 e. The van der Waals surface area contributed by atoms with Crippen LogP contribution in [0.5, 0.6) is 0 Å². The van der Waals surface area contributed by atoms with Gasteiger partial charge in [-0.25, -0.2) is 14.6 Å². The quantitative estimate of drug-likeness (QED) is 0.635. The first-order valence-electron chi connectivity index (χ1n) is 10.2. The van der Waals surface area contributed by atoms with Crippen LogP contribution in [0.1, 0.15) is 57.0 Å². The zero-order valence-electron chi connectivity index (χ0n) is 18.6. The van der Waals surface area contributed by atoms with Crippen LogP contribution >= 0.6 is 0 Å². The van der Waals surface area contributed by atoms with E-state index in [0.717, 1.165) is 5.56 Å². The molecule has 0 unspecified atom stereocenters. The average molecular weight is 415 g/mol. The number of carbonyl (C=O) groups excluding carboxylic acids is 3. The SMILES string of the molecule is CCOC(=O)C1=C(C)N(N(C)C(=O)c2ccccc2CC)C(C)=C(C(=O)OCC)C1. The minimum Gasteiger partial charge on any atom is -0.463 e. The lowest BCUT2D eigenvalue weighted by molar-refractivity contribution is -0.139. The molecule has 1 aliphatic rings. The third kappa shape index (κ3) is 4.56. The molecule has 1 aliphatic heterocycles. The molecule has 7 nitrogen and oxygen atoms in total. The molecule has 1 heterocycles. The maximum atomic E-state index is 13.3. The zero-order valence-corrected chi connectivity index (χ0v) is 18.6. The molecule has 0 aromatic heterocycles. The van der Waals surface area contributed by atoms with Gasteiger partial charge in [-0.3, -0.25) is 9.80 Å². The monoisotopic (exact) mass is 414 g/mol. The summed E-state index contributed by atoms with van der Waals surface area (Å²) in [4.78, 5) is 38.5. The fourth-order valence-corrected chi connectivity index (χ4v) is 3.57. The van der Waals surface area contributed by atoms with Crippen LogP contribution in [0.3, 0.4) is 0 Å². The van der Waals surface area contributed by atoms with Crippen molar-refractivity contribution in [1.82, 2.24) is 10.0 Å². The van der Waals surface area contributed by atoms with Crippen molar-refractivity contribution in [3.63, 3.8) is 0 Å². The molecule has 0 saturated carbocycles. The highest BCUT2D eigenvalue weighted by Gasteiger charge is 2.34. The van der Waals surface area contributed by atoms with Gasteiger partial charge in [0, 0.05) is 30.4 Å². The van der Waals surface area contributed by atoms with Crippen molar-refractivity contribution < 1.29 is 23.9 Å². The summed E-state index contributed by atoms with van der Waals surface area (Å²) < 4.78 is 10.4. The predicted octanol–water partition coefficient (Wildman–Crippen LogP) is 3.62. The number of ether oxygens (including phenoxy) is 2. The van der Waals surface area contributed by atoms with Gasteiger partial charge in [0.15, 0.2) is 0 Å². The lowest BCUT2D eigenvalue weighted by Crippen LogP contribution is -2.45. The van der Waals surface area contributed by atoms with Crippen LogP contribution in [0.15, 0.2) is 46.8 Å². The molecule has 1 aromatic carbocycles. The Labute approximate surface area is 177 Å². The van der Waals surface area contributed by atoms with Crippen LogP contribution in [0, 0.1) is 0 Å². The summed E-state index contributed by atoms with van der Waals surface area (Å²) in [6, 6.07) is 7.40. The predicted molar refractivity (Wildman–Crippen MR) is 113 cm³/mol. The highest BCUT2D eigenvalue weighted by atomic mass is 16.5. The first-order chi connectivity index (χ1) is 14.3. The molecule has 2 rings (SSSR count). The molecule has 30 heavy (non-hydrogen) atoms. The van der Waals surface area contributed by atoms with E-state index in [1.54, 1.807) is 45.8 Å². The highest BCUT2D eigenvalue weighted by Crippen LogP contribution is 2.33. The van der Waals surface area contributed by atoms with E-state index < -0.39 is 11.9 Å². The fraction of sp³-hybridized carbons (Fsp3) is 0.435. The van der Waals surface area contributed by atoms with Crippen molar-refractivity contribution in [2.45, 2.75) is 47.5 Å². The molecule has 7 heteroatoms. The lowest BCUT2D eigenvalue weighted by atomic mass is 9.97. The van der Waals surface area contributed by atoms with Crippen molar-refractivity contribution in [1.29, 1.82) is 0 Å². The largest absolute Gasteiger partial charge is 0.463 e. The van der Waals surface area contributed by atoms with Crippen LogP contribution in [-0.2, 0) is 25.5 Å². The second-order valence-electron chi connectivity index (χ2n) is 6.90. The number of carbonyl (C=O) groups is 3. The van der Waals surface area contributed by atoms with E-state index >= 15 is 0 Å². The summed E-state index contributed by atoms with van der Waals surface area (Å²) in [5, 5.41) is 3.02. The Morgan fingerprint density at radius 1 is 0.933 bits per heavy atom. The Bertz CT molecular complexity index is 861. The number of hydrogen-bond acceptors (Lipinski definition) is 6. The Morgan fingerprint density at radius 2 is 1.43 bits per heavy atom. The Morgan fingerprint density at radius 3 is 1.90 bits per heavy atom. The minimum atomic E-state index is -0.510. The number of hydrogen-bond donors (Lipinski definition) is 0. The molecule has 0 radical (unpaired) electrons. The van der Waals surface area contributed by atoms with Gasteiger partial charge in [-0.05, 0) is 45.7 Å². The van der Waals surface area contributed by atoms with Crippen molar-refractivity contribution in [3.8, 4) is 0 Å². The van der Waals surface area contributed by atoms with Crippen LogP contribution in [0.4, 0.5) is 0 Å². The second kappa shape index (κ2) is 10.1. The molecule has 1 aromatic rings. The maximum absolute atomic E-state index is 13.3. The summed E-state index contributed by atoms with van der Waals surface area (Å²) >= 11 is 0. The highest BCUT2D eigenvalue weighted by molar-refractivity contribution is 5.98. The maximum Gasteiger partial charge on any atom is 0.336 e. The van der Waals surface area contributed by atoms with Gasteiger partial charge in [-0.15, -0.1) is 0 Å². The molecule has 162 valence electrons. The van der Waals surface area contributed by atoms with E-state index in [1.807, 2.05) is 25.1 Å². The van der Waals surface area contributed by atoms with Gasteiger partial charge >= 0.3 is 11.9 Å². The van der Waals surface area contributed by atoms with Crippen LogP contribution in [0.25, 0.3) is 0 Å². The summed E-state index contributed by atoms with van der Waals surface area (Å²) in [5.41, 5.74) is 3.24. The van der Waals surface area contributed by atoms with Crippen LogP contribution in [-0.4, -0.2) is 48.1 Å². The van der Waals surface area contributed by atoms with Crippen LogP contribution < -0.4 is 0 Å². The first kappa shape index (κ1) is 23.2.